The van der Waals surface area contributed by atoms with Gasteiger partial charge in [0.1, 0.15) is 0 Å². The molecule has 0 aromatic carbocycles. The van der Waals surface area contributed by atoms with Crippen LogP contribution in [0.1, 0.15) is 60.8 Å². The van der Waals surface area contributed by atoms with E-state index in [2.05, 4.69) is 39.8 Å². The van der Waals surface area contributed by atoms with Gasteiger partial charge in [0.15, 0.2) is 0 Å². The molecular formula is C17H30. The zero-order valence-corrected chi connectivity index (χ0v) is 12.6. The summed E-state index contributed by atoms with van der Waals surface area (Å²) in [6.07, 6.45) is 8.85. The average molecular weight is 234 g/mol. The van der Waals surface area contributed by atoms with E-state index >= 15 is 0 Å². The molecule has 1 saturated carbocycles. The van der Waals surface area contributed by atoms with Crippen molar-refractivity contribution in [3.8, 4) is 0 Å². The fourth-order valence-corrected chi connectivity index (χ4v) is 3.22. The highest BCUT2D eigenvalue weighted by atomic mass is 14.4. The summed E-state index contributed by atoms with van der Waals surface area (Å²) >= 11 is 0. The highest BCUT2D eigenvalue weighted by Gasteiger charge is 2.35. The molecule has 0 bridgehead atoms. The second kappa shape index (κ2) is 6.42. The Labute approximate surface area is 108 Å². The van der Waals surface area contributed by atoms with Gasteiger partial charge in [0, 0.05) is 0 Å². The molecule has 0 spiro atoms. The molecule has 17 heavy (non-hydrogen) atoms. The van der Waals surface area contributed by atoms with Crippen molar-refractivity contribution in [1.29, 1.82) is 0 Å². The van der Waals surface area contributed by atoms with Crippen LogP contribution in [0.2, 0.25) is 0 Å². The zero-order chi connectivity index (χ0) is 13.0. The van der Waals surface area contributed by atoms with E-state index in [9.17, 15) is 0 Å². The van der Waals surface area contributed by atoms with Crippen LogP contribution in [-0.4, -0.2) is 0 Å². The Bertz CT molecular complexity index is 295. The molecule has 4 unspecified atom stereocenters. The van der Waals surface area contributed by atoms with Crippen LogP contribution < -0.4 is 0 Å². The Morgan fingerprint density at radius 3 is 2.35 bits per heavy atom. The average Bonchev–Trinajstić information content (AvgIpc) is 2.84. The van der Waals surface area contributed by atoms with Crippen molar-refractivity contribution in [2.45, 2.75) is 60.8 Å². The van der Waals surface area contributed by atoms with Crippen LogP contribution in [0.4, 0.5) is 0 Å². The summed E-state index contributed by atoms with van der Waals surface area (Å²) in [6.45, 7) is 13.6. The molecule has 0 nitrogen and oxygen atoms in total. The van der Waals surface area contributed by atoms with Crippen molar-refractivity contribution in [2.24, 2.45) is 23.7 Å². The second-order valence-corrected chi connectivity index (χ2v) is 5.55. The van der Waals surface area contributed by atoms with Gasteiger partial charge < -0.3 is 0 Å². The number of fused-ring (bicyclic) bond motifs is 1. The molecule has 2 aliphatic carbocycles. The quantitative estimate of drug-likeness (QED) is 0.583. The summed E-state index contributed by atoms with van der Waals surface area (Å²) in [7, 11) is 0. The molecule has 1 fully saturated rings. The lowest BCUT2D eigenvalue weighted by Crippen LogP contribution is -2.28. The van der Waals surface area contributed by atoms with Crippen LogP contribution in [0.3, 0.4) is 0 Å². The van der Waals surface area contributed by atoms with Crippen LogP contribution in [0.5, 0.6) is 0 Å². The van der Waals surface area contributed by atoms with Crippen LogP contribution in [0, 0.1) is 23.7 Å². The van der Waals surface area contributed by atoms with Crippen LogP contribution in [0.15, 0.2) is 23.3 Å². The monoisotopic (exact) mass is 234 g/mol. The smallest absolute Gasteiger partial charge is 0.0134 e. The van der Waals surface area contributed by atoms with E-state index in [4.69, 9.17) is 0 Å². The second-order valence-electron chi connectivity index (χ2n) is 5.55. The predicted molar refractivity (Wildman–Crippen MR) is 78.0 cm³/mol. The van der Waals surface area contributed by atoms with E-state index < -0.39 is 0 Å². The van der Waals surface area contributed by atoms with Gasteiger partial charge in [-0.1, -0.05) is 60.1 Å². The summed E-state index contributed by atoms with van der Waals surface area (Å²) < 4.78 is 0. The Hall–Kier alpha value is -0.520. The largest absolute Gasteiger partial charge is 0.0770 e. The fraction of sp³-hybridized carbons (Fsp3) is 0.765. The third kappa shape index (κ3) is 2.84. The first kappa shape index (κ1) is 14.5. The minimum absolute atomic E-state index is 0.791. The Morgan fingerprint density at radius 2 is 1.76 bits per heavy atom. The van der Waals surface area contributed by atoms with Gasteiger partial charge in [-0.25, -0.2) is 0 Å². The standard InChI is InChI=1S/C15H24.C2H6/c1-5-10(2)15-9-11(3)12(4)13-7-6-8-14(13)15;1-2/h7-8,10-12,15H,5-6,9H2,1-4H3;1-2H3. The van der Waals surface area contributed by atoms with E-state index in [1.807, 2.05) is 13.8 Å². The molecule has 0 heteroatoms. The molecule has 0 heterocycles. The van der Waals surface area contributed by atoms with Gasteiger partial charge in [-0.2, -0.15) is 0 Å². The molecule has 0 amide bonds. The summed E-state index contributed by atoms with van der Waals surface area (Å²) in [5, 5.41) is 0. The van der Waals surface area contributed by atoms with E-state index in [-0.39, 0.29) is 0 Å². The van der Waals surface area contributed by atoms with Crippen molar-refractivity contribution in [1.82, 2.24) is 0 Å². The number of allylic oxidation sites excluding steroid dienone is 4. The third-order valence-corrected chi connectivity index (χ3v) is 4.71. The first-order valence-electron chi connectivity index (χ1n) is 7.55. The molecule has 0 saturated heterocycles. The lowest BCUT2D eigenvalue weighted by atomic mass is 9.66. The molecule has 0 aromatic heterocycles. The SMILES string of the molecule is CC.CCC(C)C1CC(C)C(C)C2=CCC=C21. The number of hydrogen-bond donors (Lipinski definition) is 0. The van der Waals surface area contributed by atoms with Gasteiger partial charge in [-0.3, -0.25) is 0 Å². The van der Waals surface area contributed by atoms with E-state index in [0.29, 0.717) is 0 Å². The maximum atomic E-state index is 2.48. The van der Waals surface area contributed by atoms with Crippen molar-refractivity contribution < 1.29 is 0 Å². The molecule has 2 rings (SSSR count). The van der Waals surface area contributed by atoms with Crippen LogP contribution in [-0.2, 0) is 0 Å². The van der Waals surface area contributed by atoms with Crippen LogP contribution >= 0.6 is 0 Å². The predicted octanol–water partition coefficient (Wildman–Crippen LogP) is 5.61. The molecule has 2 aliphatic rings. The third-order valence-electron chi connectivity index (χ3n) is 4.71. The minimum Gasteiger partial charge on any atom is -0.0770 e. The van der Waals surface area contributed by atoms with Gasteiger partial charge in [-0.05, 0) is 47.7 Å². The Balaban J connectivity index is 0.000000686. The molecule has 98 valence electrons. The van der Waals surface area contributed by atoms with Gasteiger partial charge in [0.05, 0.1) is 0 Å². The summed E-state index contributed by atoms with van der Waals surface area (Å²) in [6, 6.07) is 0. The Kier molecular flexibility index (Phi) is 5.49. The summed E-state index contributed by atoms with van der Waals surface area (Å²) in [5.74, 6) is 3.35. The van der Waals surface area contributed by atoms with Gasteiger partial charge >= 0.3 is 0 Å². The number of hydrogen-bond acceptors (Lipinski definition) is 0. The summed E-state index contributed by atoms with van der Waals surface area (Å²) in [4.78, 5) is 0. The van der Waals surface area contributed by atoms with Gasteiger partial charge in [0.25, 0.3) is 0 Å². The van der Waals surface area contributed by atoms with Crippen molar-refractivity contribution in [3.63, 3.8) is 0 Å². The van der Waals surface area contributed by atoms with E-state index in [1.165, 1.54) is 19.3 Å². The molecule has 0 aromatic rings. The lowest BCUT2D eigenvalue weighted by Gasteiger charge is -2.38. The molecule has 0 N–H and O–H groups in total. The minimum atomic E-state index is 0.791. The molecular weight excluding hydrogens is 204 g/mol. The normalized spacial score (nSPS) is 32.9. The first-order valence-corrected chi connectivity index (χ1v) is 7.55. The van der Waals surface area contributed by atoms with E-state index in [1.54, 1.807) is 11.1 Å². The van der Waals surface area contributed by atoms with Gasteiger partial charge in [-0.15, -0.1) is 0 Å². The van der Waals surface area contributed by atoms with Crippen molar-refractivity contribution in [3.05, 3.63) is 23.3 Å². The van der Waals surface area contributed by atoms with Crippen molar-refractivity contribution in [2.75, 3.05) is 0 Å². The first-order chi connectivity index (χ1) is 8.15. The van der Waals surface area contributed by atoms with Gasteiger partial charge in [0.2, 0.25) is 0 Å². The Morgan fingerprint density at radius 1 is 1.18 bits per heavy atom. The van der Waals surface area contributed by atoms with Crippen molar-refractivity contribution >= 4 is 0 Å². The maximum absolute atomic E-state index is 2.48. The molecule has 0 aliphatic heterocycles. The molecule has 0 radical (unpaired) electrons. The van der Waals surface area contributed by atoms with Crippen LogP contribution in [0.25, 0.3) is 0 Å². The fourth-order valence-electron chi connectivity index (χ4n) is 3.22. The maximum Gasteiger partial charge on any atom is -0.0134 e. The summed E-state index contributed by atoms with van der Waals surface area (Å²) in [5.41, 5.74) is 3.38. The zero-order valence-electron chi connectivity index (χ0n) is 12.6. The highest BCUT2D eigenvalue weighted by Crippen LogP contribution is 2.47. The lowest BCUT2D eigenvalue weighted by molar-refractivity contribution is 0.259. The number of rotatable bonds is 2. The van der Waals surface area contributed by atoms with E-state index in [0.717, 1.165) is 23.7 Å². The highest BCUT2D eigenvalue weighted by molar-refractivity contribution is 5.42. The molecule has 4 atom stereocenters. The topological polar surface area (TPSA) is 0 Å².